The van der Waals surface area contributed by atoms with Crippen LogP contribution in [0.2, 0.25) is 0 Å². The molecule has 1 nitrogen and oxygen atoms in total. The Labute approximate surface area is 93.6 Å². The summed E-state index contributed by atoms with van der Waals surface area (Å²) in [5.74, 6) is 0.357. The standard InChI is InChI=1S/C10H12IOP/c11-13-7-6-10(12)8-9-4-2-1-3-5-9/h1-5,13H,6-8H2. The Morgan fingerprint density at radius 3 is 2.62 bits per heavy atom. The van der Waals surface area contributed by atoms with Gasteiger partial charge in [-0.25, -0.2) is 0 Å². The Hall–Kier alpha value is 0.0500. The van der Waals surface area contributed by atoms with Crippen LogP contribution in [0.5, 0.6) is 0 Å². The number of hydrogen-bond donors (Lipinski definition) is 0. The van der Waals surface area contributed by atoms with Gasteiger partial charge in [0.05, 0.1) is 0 Å². The maximum atomic E-state index is 11.4. The highest BCUT2D eigenvalue weighted by molar-refractivity contribution is 14.2. The molecule has 0 saturated heterocycles. The van der Waals surface area contributed by atoms with Crippen molar-refractivity contribution in [1.82, 2.24) is 0 Å². The minimum absolute atomic E-state index is 0.357. The molecule has 70 valence electrons. The van der Waals surface area contributed by atoms with E-state index < -0.39 is 0 Å². The molecule has 0 aliphatic carbocycles. The normalized spacial score (nSPS) is 10.8. The Morgan fingerprint density at radius 1 is 1.31 bits per heavy atom. The molecule has 0 aromatic heterocycles. The van der Waals surface area contributed by atoms with Gasteiger partial charge in [-0.15, -0.1) is 0 Å². The van der Waals surface area contributed by atoms with Gasteiger partial charge in [0.15, 0.2) is 0 Å². The third-order valence-electron chi connectivity index (χ3n) is 1.74. The molecule has 3 heteroatoms. The number of Topliss-reactive ketones (excluding diaryl/α,β-unsaturated/α-hetero) is 1. The molecular formula is C10H12IOP. The molecule has 0 N–H and O–H groups in total. The second-order valence-electron chi connectivity index (χ2n) is 2.83. The molecule has 0 saturated carbocycles. The van der Waals surface area contributed by atoms with Gasteiger partial charge in [0.1, 0.15) is 5.78 Å². The lowest BCUT2D eigenvalue weighted by Gasteiger charge is -1.99. The van der Waals surface area contributed by atoms with Crippen molar-refractivity contribution in [1.29, 1.82) is 0 Å². The van der Waals surface area contributed by atoms with Crippen molar-refractivity contribution in [3.05, 3.63) is 35.9 Å². The average Bonchev–Trinajstić information content (AvgIpc) is 2.16. The molecule has 0 aliphatic rings. The van der Waals surface area contributed by atoms with Crippen LogP contribution in [-0.4, -0.2) is 11.9 Å². The zero-order valence-electron chi connectivity index (χ0n) is 7.29. The van der Waals surface area contributed by atoms with E-state index >= 15 is 0 Å². The lowest BCUT2D eigenvalue weighted by atomic mass is 10.1. The Kier molecular flexibility index (Phi) is 5.56. The maximum Gasteiger partial charge on any atom is 0.137 e. The predicted molar refractivity (Wildman–Crippen MR) is 67.0 cm³/mol. The number of carbonyl (C=O) groups excluding carboxylic acids is 1. The number of hydrogen-bond acceptors (Lipinski definition) is 1. The lowest BCUT2D eigenvalue weighted by molar-refractivity contribution is -0.118. The van der Waals surface area contributed by atoms with E-state index in [0.717, 1.165) is 24.4 Å². The maximum absolute atomic E-state index is 11.4. The zero-order valence-corrected chi connectivity index (χ0v) is 10.5. The molecule has 1 aromatic carbocycles. The van der Waals surface area contributed by atoms with E-state index in [9.17, 15) is 4.79 Å². The molecule has 0 aliphatic heterocycles. The van der Waals surface area contributed by atoms with Crippen LogP contribution >= 0.6 is 28.3 Å². The first-order chi connectivity index (χ1) is 6.33. The number of halogens is 1. The van der Waals surface area contributed by atoms with E-state index in [2.05, 4.69) is 22.0 Å². The van der Waals surface area contributed by atoms with Crippen LogP contribution < -0.4 is 0 Å². The summed E-state index contributed by atoms with van der Waals surface area (Å²) in [6.45, 7) is 0. The number of benzene rings is 1. The van der Waals surface area contributed by atoms with Crippen LogP contribution in [0.1, 0.15) is 12.0 Å². The number of rotatable bonds is 5. The van der Waals surface area contributed by atoms with Crippen molar-refractivity contribution >= 4 is 34.0 Å². The van der Waals surface area contributed by atoms with Crippen LogP contribution in [0.4, 0.5) is 0 Å². The summed E-state index contributed by atoms with van der Waals surface area (Å²) < 4.78 is 0. The van der Waals surface area contributed by atoms with Crippen molar-refractivity contribution in [2.45, 2.75) is 12.8 Å². The van der Waals surface area contributed by atoms with E-state index in [4.69, 9.17) is 0 Å². The van der Waals surface area contributed by atoms with Gasteiger partial charge < -0.3 is 0 Å². The van der Waals surface area contributed by atoms with Gasteiger partial charge in [0.25, 0.3) is 0 Å². The lowest BCUT2D eigenvalue weighted by Crippen LogP contribution is -2.02. The summed E-state index contributed by atoms with van der Waals surface area (Å²) in [5.41, 5.74) is 1.13. The second-order valence-corrected chi connectivity index (χ2v) is 5.89. The van der Waals surface area contributed by atoms with Crippen LogP contribution in [0.15, 0.2) is 30.3 Å². The minimum atomic E-state index is 0.357. The van der Waals surface area contributed by atoms with Crippen LogP contribution in [-0.2, 0) is 11.2 Å². The topological polar surface area (TPSA) is 17.1 Å². The highest BCUT2D eigenvalue weighted by Gasteiger charge is 2.01. The molecule has 1 unspecified atom stereocenters. The van der Waals surface area contributed by atoms with E-state index in [1.54, 1.807) is 0 Å². The quantitative estimate of drug-likeness (QED) is 0.603. The Balaban J connectivity index is 2.37. The fourth-order valence-corrected chi connectivity index (χ4v) is 2.28. The summed E-state index contributed by atoms with van der Waals surface area (Å²) in [6, 6.07) is 9.93. The van der Waals surface area contributed by atoms with Gasteiger partial charge in [-0.2, -0.15) is 0 Å². The minimum Gasteiger partial charge on any atom is -0.299 e. The Morgan fingerprint density at radius 2 is 2.00 bits per heavy atom. The van der Waals surface area contributed by atoms with E-state index in [0.29, 0.717) is 12.2 Å². The predicted octanol–water partition coefficient (Wildman–Crippen LogP) is 3.22. The van der Waals surface area contributed by atoms with Crippen molar-refractivity contribution in [2.24, 2.45) is 0 Å². The summed E-state index contributed by atoms with van der Waals surface area (Å²) in [7, 11) is 0. The molecule has 0 fully saturated rings. The number of ketones is 1. The third-order valence-corrected chi connectivity index (χ3v) is 3.80. The highest BCUT2D eigenvalue weighted by atomic mass is 127. The van der Waals surface area contributed by atoms with Crippen LogP contribution in [0.3, 0.4) is 0 Å². The van der Waals surface area contributed by atoms with Crippen LogP contribution in [0.25, 0.3) is 0 Å². The van der Waals surface area contributed by atoms with Gasteiger partial charge in [-0.3, -0.25) is 4.79 Å². The van der Waals surface area contributed by atoms with Crippen molar-refractivity contribution in [3.63, 3.8) is 0 Å². The monoisotopic (exact) mass is 306 g/mol. The van der Waals surface area contributed by atoms with Gasteiger partial charge >= 0.3 is 0 Å². The van der Waals surface area contributed by atoms with E-state index in [1.807, 2.05) is 30.3 Å². The molecule has 13 heavy (non-hydrogen) atoms. The van der Waals surface area contributed by atoms with E-state index in [-0.39, 0.29) is 0 Å². The van der Waals surface area contributed by atoms with Crippen molar-refractivity contribution < 1.29 is 4.79 Å². The molecule has 0 spiro atoms. The molecule has 0 amide bonds. The van der Waals surface area contributed by atoms with Gasteiger partial charge in [0, 0.05) is 12.8 Å². The summed E-state index contributed by atoms with van der Waals surface area (Å²) in [4.78, 5) is 11.4. The zero-order chi connectivity index (χ0) is 9.52. The fraction of sp³-hybridized carbons (Fsp3) is 0.300. The first kappa shape index (κ1) is 11.1. The molecule has 1 atom stereocenters. The van der Waals surface area contributed by atoms with Gasteiger partial charge in [-0.1, -0.05) is 58.6 Å². The van der Waals surface area contributed by atoms with Crippen molar-refractivity contribution in [3.8, 4) is 0 Å². The molecule has 0 heterocycles. The van der Waals surface area contributed by atoms with Crippen LogP contribution in [0, 0.1) is 0 Å². The van der Waals surface area contributed by atoms with Crippen molar-refractivity contribution in [2.75, 3.05) is 6.16 Å². The molecular weight excluding hydrogens is 294 g/mol. The number of carbonyl (C=O) groups is 1. The summed E-state index contributed by atoms with van der Waals surface area (Å²) in [5, 5.41) is 0. The van der Waals surface area contributed by atoms with E-state index in [1.165, 1.54) is 0 Å². The molecule has 1 aromatic rings. The highest BCUT2D eigenvalue weighted by Crippen LogP contribution is 2.21. The average molecular weight is 306 g/mol. The first-order valence-electron chi connectivity index (χ1n) is 4.22. The SMILES string of the molecule is O=C(CCPI)Cc1ccccc1. The smallest absolute Gasteiger partial charge is 0.137 e. The summed E-state index contributed by atoms with van der Waals surface area (Å²) in [6.07, 6.45) is 3.23. The fourth-order valence-electron chi connectivity index (χ4n) is 1.10. The Bertz CT molecular complexity index is 261. The summed E-state index contributed by atoms with van der Waals surface area (Å²) >= 11 is 2.33. The molecule has 1 rings (SSSR count). The third kappa shape index (κ3) is 4.72. The molecule has 0 radical (unpaired) electrons. The van der Waals surface area contributed by atoms with Gasteiger partial charge in [-0.05, 0) is 11.7 Å². The second kappa shape index (κ2) is 6.50. The molecule has 0 bridgehead atoms. The largest absolute Gasteiger partial charge is 0.299 e. The first-order valence-corrected chi connectivity index (χ1v) is 8.54. The van der Waals surface area contributed by atoms with Gasteiger partial charge in [0.2, 0.25) is 0 Å².